The van der Waals surface area contributed by atoms with Gasteiger partial charge in [-0.05, 0) is 49.2 Å². The first kappa shape index (κ1) is 22.7. The molecule has 0 spiro atoms. The molecule has 1 atom stereocenters. The number of guanidine groups is 1. The van der Waals surface area contributed by atoms with Crippen LogP contribution in [0, 0.1) is 17.1 Å². The maximum atomic E-state index is 13.9. The van der Waals surface area contributed by atoms with Gasteiger partial charge in [-0.2, -0.15) is 5.26 Å². The summed E-state index contributed by atoms with van der Waals surface area (Å²) in [6.45, 7) is 5.11. The highest BCUT2D eigenvalue weighted by Crippen LogP contribution is 2.21. The summed E-state index contributed by atoms with van der Waals surface area (Å²) in [5.41, 5.74) is 2.43. The summed E-state index contributed by atoms with van der Waals surface area (Å²) in [4.78, 5) is 4.55. The van der Waals surface area contributed by atoms with Crippen molar-refractivity contribution in [2.75, 3.05) is 13.7 Å². The Morgan fingerprint density at radius 1 is 1.26 bits per heavy atom. The Morgan fingerprint density at radius 3 is 2.52 bits per heavy atom. The van der Waals surface area contributed by atoms with Gasteiger partial charge < -0.3 is 15.4 Å². The molecular weight excluding hydrogens is 458 g/mol. The first-order valence-corrected chi connectivity index (χ1v) is 8.44. The third-order valence-corrected chi connectivity index (χ3v) is 3.88. The van der Waals surface area contributed by atoms with Crippen LogP contribution in [0.15, 0.2) is 47.5 Å². The molecule has 0 aliphatic carbocycles. The molecule has 2 N–H and O–H groups in total. The zero-order valence-electron chi connectivity index (χ0n) is 15.6. The van der Waals surface area contributed by atoms with Crippen LogP contribution < -0.4 is 15.4 Å². The van der Waals surface area contributed by atoms with Gasteiger partial charge in [0.2, 0.25) is 0 Å². The Balaban J connectivity index is 0.00000364. The van der Waals surface area contributed by atoms with E-state index in [9.17, 15) is 4.39 Å². The van der Waals surface area contributed by atoms with E-state index in [-0.39, 0.29) is 35.8 Å². The van der Waals surface area contributed by atoms with Gasteiger partial charge in [-0.1, -0.05) is 18.2 Å². The van der Waals surface area contributed by atoms with Crippen LogP contribution in [0.3, 0.4) is 0 Å². The number of aliphatic imine (C=N–C) groups is 1. The summed E-state index contributed by atoms with van der Waals surface area (Å²) in [6.07, 6.45) is 0. The quantitative estimate of drug-likeness (QED) is 0.369. The van der Waals surface area contributed by atoms with Crippen molar-refractivity contribution in [2.24, 2.45) is 4.99 Å². The molecule has 0 bridgehead atoms. The lowest BCUT2D eigenvalue weighted by Crippen LogP contribution is -2.38. The van der Waals surface area contributed by atoms with Crippen LogP contribution in [-0.4, -0.2) is 19.6 Å². The van der Waals surface area contributed by atoms with Gasteiger partial charge >= 0.3 is 0 Å². The van der Waals surface area contributed by atoms with E-state index in [0.717, 1.165) is 11.1 Å². The lowest BCUT2D eigenvalue weighted by atomic mass is 10.1. The number of nitrogens with one attached hydrogen (secondary N) is 2. The Hall–Kier alpha value is -2.34. The van der Waals surface area contributed by atoms with Crippen LogP contribution in [0.1, 0.15) is 36.6 Å². The fourth-order valence-corrected chi connectivity index (χ4v) is 2.42. The monoisotopic (exact) mass is 482 g/mol. The highest BCUT2D eigenvalue weighted by Gasteiger charge is 2.11. The first-order valence-electron chi connectivity index (χ1n) is 8.44. The van der Waals surface area contributed by atoms with E-state index >= 15 is 0 Å². The highest BCUT2D eigenvalue weighted by molar-refractivity contribution is 14.0. The summed E-state index contributed by atoms with van der Waals surface area (Å²) >= 11 is 0. The second kappa shape index (κ2) is 11.4. The minimum atomic E-state index is -0.391. The van der Waals surface area contributed by atoms with E-state index in [1.165, 1.54) is 13.2 Å². The number of benzene rings is 2. The molecule has 0 aliphatic rings. The van der Waals surface area contributed by atoms with Crippen LogP contribution in [0.4, 0.5) is 4.39 Å². The minimum Gasteiger partial charge on any atom is -0.494 e. The Bertz CT molecular complexity index is 803. The molecule has 2 rings (SSSR count). The Kier molecular flexibility index (Phi) is 9.58. The van der Waals surface area contributed by atoms with Crippen molar-refractivity contribution in [3.63, 3.8) is 0 Å². The van der Waals surface area contributed by atoms with Crippen molar-refractivity contribution in [3.05, 3.63) is 65.0 Å². The average molecular weight is 482 g/mol. The van der Waals surface area contributed by atoms with Gasteiger partial charge in [0.05, 0.1) is 31.3 Å². The Labute approximate surface area is 176 Å². The van der Waals surface area contributed by atoms with Crippen molar-refractivity contribution in [1.82, 2.24) is 10.6 Å². The molecule has 27 heavy (non-hydrogen) atoms. The number of nitriles is 1. The molecule has 1 unspecified atom stereocenters. The average Bonchev–Trinajstić information content (AvgIpc) is 2.66. The third-order valence-electron chi connectivity index (χ3n) is 3.88. The molecule has 144 valence electrons. The predicted octanol–water partition coefficient (Wildman–Crippen LogP) is 4.14. The highest BCUT2D eigenvalue weighted by atomic mass is 127. The van der Waals surface area contributed by atoms with Gasteiger partial charge in [-0.25, -0.2) is 9.38 Å². The normalized spacial score (nSPS) is 11.7. The van der Waals surface area contributed by atoms with Crippen LogP contribution in [0.2, 0.25) is 0 Å². The van der Waals surface area contributed by atoms with Crippen molar-refractivity contribution >= 4 is 29.9 Å². The predicted molar refractivity (Wildman–Crippen MR) is 116 cm³/mol. The summed E-state index contributed by atoms with van der Waals surface area (Å²) < 4.78 is 18.9. The first-order chi connectivity index (χ1) is 12.6. The molecule has 0 radical (unpaired) electrons. The van der Waals surface area contributed by atoms with Gasteiger partial charge in [-0.15, -0.1) is 24.0 Å². The van der Waals surface area contributed by atoms with E-state index in [1.807, 2.05) is 32.0 Å². The number of nitrogens with zero attached hydrogens (tertiary/aromatic N) is 2. The van der Waals surface area contributed by atoms with E-state index in [4.69, 9.17) is 10.00 Å². The van der Waals surface area contributed by atoms with Gasteiger partial charge in [0.25, 0.3) is 0 Å². The molecule has 0 heterocycles. The minimum absolute atomic E-state index is 0. The molecule has 2 aromatic carbocycles. The van der Waals surface area contributed by atoms with Crippen LogP contribution in [-0.2, 0) is 6.54 Å². The number of methoxy groups -OCH3 is 1. The van der Waals surface area contributed by atoms with Crippen LogP contribution in [0.5, 0.6) is 5.75 Å². The molecule has 0 fully saturated rings. The smallest absolute Gasteiger partial charge is 0.192 e. The number of hydrogen-bond donors (Lipinski definition) is 2. The maximum absolute atomic E-state index is 13.9. The second-order valence-corrected chi connectivity index (χ2v) is 5.76. The molecule has 7 heteroatoms. The summed E-state index contributed by atoms with van der Waals surface area (Å²) in [5.74, 6) is 0.473. The molecular formula is C20H24FIN4O. The number of ether oxygens (including phenoxy) is 1. The van der Waals surface area contributed by atoms with E-state index in [2.05, 4.69) is 21.7 Å². The van der Waals surface area contributed by atoms with Crippen molar-refractivity contribution < 1.29 is 9.13 Å². The van der Waals surface area contributed by atoms with Gasteiger partial charge in [0.1, 0.15) is 0 Å². The summed E-state index contributed by atoms with van der Waals surface area (Å²) in [5, 5.41) is 15.3. The SMILES string of the molecule is CCNC(=NCc1ccc(C#N)cc1)NC(C)c1ccc(OC)c(F)c1.I. The topological polar surface area (TPSA) is 69.4 Å². The van der Waals surface area contributed by atoms with Crippen molar-refractivity contribution in [2.45, 2.75) is 26.4 Å². The van der Waals surface area contributed by atoms with Crippen molar-refractivity contribution in [1.29, 1.82) is 5.26 Å². The molecule has 0 amide bonds. The number of halogens is 2. The molecule has 2 aromatic rings. The van der Waals surface area contributed by atoms with Gasteiger partial charge in [0, 0.05) is 6.54 Å². The zero-order valence-corrected chi connectivity index (χ0v) is 18.0. The molecule has 0 saturated carbocycles. The summed E-state index contributed by atoms with van der Waals surface area (Å²) in [6, 6.07) is 14.2. The van der Waals surface area contributed by atoms with Crippen molar-refractivity contribution in [3.8, 4) is 11.8 Å². The molecule has 0 aromatic heterocycles. The lowest BCUT2D eigenvalue weighted by molar-refractivity contribution is 0.386. The maximum Gasteiger partial charge on any atom is 0.192 e. The Morgan fingerprint density at radius 2 is 1.96 bits per heavy atom. The second-order valence-electron chi connectivity index (χ2n) is 5.76. The third kappa shape index (κ3) is 6.71. The fourth-order valence-electron chi connectivity index (χ4n) is 2.42. The van der Waals surface area contributed by atoms with Crippen LogP contribution in [0.25, 0.3) is 0 Å². The van der Waals surface area contributed by atoms with E-state index < -0.39 is 5.82 Å². The largest absolute Gasteiger partial charge is 0.494 e. The number of rotatable bonds is 6. The standard InChI is InChI=1S/C20H23FN4O.HI/c1-4-23-20(24-13-16-7-5-15(12-22)6-8-16)25-14(2)17-9-10-19(26-3)18(21)11-17;/h5-11,14H,4,13H2,1-3H3,(H2,23,24,25);1H. The molecule has 5 nitrogen and oxygen atoms in total. The van der Waals surface area contributed by atoms with Gasteiger partial charge in [0.15, 0.2) is 17.5 Å². The molecule has 0 aliphatic heterocycles. The van der Waals surface area contributed by atoms with Gasteiger partial charge in [-0.3, -0.25) is 0 Å². The van der Waals surface area contributed by atoms with Crippen LogP contribution >= 0.6 is 24.0 Å². The molecule has 0 saturated heterocycles. The number of hydrogen-bond acceptors (Lipinski definition) is 3. The van der Waals surface area contributed by atoms with E-state index in [0.29, 0.717) is 24.6 Å². The summed E-state index contributed by atoms with van der Waals surface area (Å²) in [7, 11) is 1.44. The zero-order chi connectivity index (χ0) is 18.9. The lowest BCUT2D eigenvalue weighted by Gasteiger charge is -2.18. The fraction of sp³-hybridized carbons (Fsp3) is 0.300. The van der Waals surface area contributed by atoms with E-state index in [1.54, 1.807) is 18.2 Å².